The minimum absolute atomic E-state index is 0.172. The van der Waals surface area contributed by atoms with Crippen LogP contribution in [-0.2, 0) is 13.6 Å². The Morgan fingerprint density at radius 2 is 1.11 bits per heavy atom. The number of hydrogen-bond acceptors (Lipinski definition) is 8. The second-order valence-electron chi connectivity index (χ2n) is 11.7. The molecule has 2 rings (SSSR count). The molecule has 0 bridgehead atoms. The summed E-state index contributed by atoms with van der Waals surface area (Å²) in [4.78, 5) is 34.8. The van der Waals surface area contributed by atoms with E-state index in [9.17, 15) is 29.6 Å². The molecule has 1 amide bonds. The average molecular weight is 662 g/mol. The molecule has 1 atom stereocenters. The van der Waals surface area contributed by atoms with Crippen molar-refractivity contribution in [3.63, 3.8) is 0 Å². The van der Waals surface area contributed by atoms with Gasteiger partial charge in [0.25, 0.3) is 17.3 Å². The lowest BCUT2D eigenvalue weighted by Crippen LogP contribution is -2.30. The first kappa shape index (κ1) is 39.0. The Morgan fingerprint density at radius 1 is 0.696 bits per heavy atom. The molecule has 0 spiro atoms. The molecular weight excluding hydrogens is 609 g/mol. The number of amides is 1. The summed E-state index contributed by atoms with van der Waals surface area (Å²) in [7, 11) is -4.03. The molecule has 0 aliphatic rings. The van der Waals surface area contributed by atoms with Crippen LogP contribution in [0.1, 0.15) is 138 Å². The van der Waals surface area contributed by atoms with E-state index in [-0.39, 0.29) is 18.8 Å². The quantitative estimate of drug-likeness (QED) is 0.0452. The highest BCUT2D eigenvalue weighted by atomic mass is 31.2. The third kappa shape index (κ3) is 14.5. The molecule has 0 radical (unpaired) electrons. The van der Waals surface area contributed by atoms with E-state index >= 15 is 0 Å². The van der Waals surface area contributed by atoms with Crippen LogP contribution in [-0.4, -0.2) is 29.0 Å². The van der Waals surface area contributed by atoms with Crippen LogP contribution in [0.5, 0.6) is 0 Å². The van der Waals surface area contributed by atoms with Gasteiger partial charge in [0, 0.05) is 12.1 Å². The van der Waals surface area contributed by atoms with Crippen molar-refractivity contribution >= 4 is 24.9 Å². The minimum Gasteiger partial charge on any atom is -0.334 e. The number of nitro benzene ring substituents is 2. The van der Waals surface area contributed by atoms with E-state index in [4.69, 9.17) is 9.05 Å². The van der Waals surface area contributed by atoms with Crippen LogP contribution in [0.25, 0.3) is 0 Å². The van der Waals surface area contributed by atoms with Gasteiger partial charge in [-0.25, -0.2) is 0 Å². The van der Waals surface area contributed by atoms with Crippen molar-refractivity contribution in [2.75, 3.05) is 13.2 Å². The van der Waals surface area contributed by atoms with E-state index < -0.39 is 40.5 Å². The third-order valence-corrected chi connectivity index (χ3v) is 9.97. The number of carbonyl (C=O) groups excluding carboxylic acids is 1. The highest BCUT2D eigenvalue weighted by molar-refractivity contribution is 7.54. The molecule has 0 fully saturated rings. The zero-order chi connectivity index (χ0) is 33.6. The smallest absolute Gasteiger partial charge is 0.334 e. The predicted octanol–water partition coefficient (Wildman–Crippen LogP) is 10.4. The van der Waals surface area contributed by atoms with Crippen LogP contribution < -0.4 is 5.32 Å². The number of nitro groups is 2. The predicted molar refractivity (Wildman–Crippen MR) is 181 cm³/mol. The summed E-state index contributed by atoms with van der Waals surface area (Å²) in [5.74, 6) is -2.10. The van der Waals surface area contributed by atoms with Crippen molar-refractivity contribution in [2.24, 2.45) is 0 Å². The molecule has 256 valence electrons. The lowest BCUT2D eigenvalue weighted by Gasteiger charge is -2.28. The first-order valence-corrected chi connectivity index (χ1v) is 18.5. The van der Waals surface area contributed by atoms with Crippen LogP contribution in [0.15, 0.2) is 48.5 Å². The lowest BCUT2D eigenvalue weighted by molar-refractivity contribution is -0.394. The van der Waals surface area contributed by atoms with E-state index in [2.05, 4.69) is 19.2 Å². The SMILES string of the molecule is CCCCCCCCCCOP(=O)(OCCCCCCCCCC)C(NC(=O)c1cc([N+](=O)[O-])cc([N+](=O)[O-])c1)c1ccccc1. The van der Waals surface area contributed by atoms with E-state index in [0.29, 0.717) is 18.4 Å². The first-order valence-electron chi connectivity index (χ1n) is 16.9. The van der Waals surface area contributed by atoms with Gasteiger partial charge in [0.05, 0.1) is 34.7 Å². The van der Waals surface area contributed by atoms with Crippen molar-refractivity contribution in [1.29, 1.82) is 0 Å². The van der Waals surface area contributed by atoms with Crippen LogP contribution in [0.2, 0.25) is 0 Å². The van der Waals surface area contributed by atoms with E-state index in [0.717, 1.165) is 56.7 Å². The summed E-state index contributed by atoms with van der Waals surface area (Å²) in [5.41, 5.74) is -1.04. The molecule has 1 N–H and O–H groups in total. The second-order valence-corrected chi connectivity index (χ2v) is 13.8. The van der Waals surface area contributed by atoms with Gasteiger partial charge in [-0.1, -0.05) is 134 Å². The number of nitrogens with zero attached hydrogens (tertiary/aromatic N) is 2. The van der Waals surface area contributed by atoms with Crippen LogP contribution >= 0.6 is 7.60 Å². The molecule has 2 aromatic carbocycles. The van der Waals surface area contributed by atoms with Crippen molar-refractivity contribution < 1.29 is 28.3 Å². The fourth-order valence-electron chi connectivity index (χ4n) is 5.17. The van der Waals surface area contributed by atoms with Gasteiger partial charge in [-0.2, -0.15) is 0 Å². The molecule has 46 heavy (non-hydrogen) atoms. The second kappa shape index (κ2) is 22.4. The number of rotatable bonds is 26. The maximum Gasteiger partial charge on any atom is 0.357 e. The Kier molecular flexibility index (Phi) is 19.0. The largest absolute Gasteiger partial charge is 0.357 e. The highest BCUT2D eigenvalue weighted by Gasteiger charge is 2.39. The number of non-ortho nitro benzene ring substituents is 2. The van der Waals surface area contributed by atoms with Gasteiger partial charge in [-0.05, 0) is 18.4 Å². The van der Waals surface area contributed by atoms with Gasteiger partial charge in [0.1, 0.15) is 0 Å². The number of nitrogens with one attached hydrogen (secondary N) is 1. The van der Waals surface area contributed by atoms with Gasteiger partial charge in [0.15, 0.2) is 5.78 Å². The van der Waals surface area contributed by atoms with Crippen molar-refractivity contribution in [3.8, 4) is 0 Å². The topological polar surface area (TPSA) is 151 Å². The van der Waals surface area contributed by atoms with Crippen LogP contribution in [0, 0.1) is 20.2 Å². The maximum absolute atomic E-state index is 14.6. The van der Waals surface area contributed by atoms with E-state index in [1.807, 2.05) is 0 Å². The third-order valence-electron chi connectivity index (χ3n) is 7.82. The average Bonchev–Trinajstić information content (AvgIpc) is 3.05. The number of hydrogen-bond donors (Lipinski definition) is 1. The normalized spacial score (nSPS) is 12.1. The molecule has 0 aromatic heterocycles. The standard InChI is InChI=1S/C34H52N3O8P/c1-3-5-7-9-11-13-15-20-24-44-46(43,45-25-21-16-14-12-10-8-6-4-2)34(29-22-18-17-19-23-29)35-33(38)30-26-31(36(39)40)28-32(27-30)37(41)42/h17-19,22-23,26-28,34H,3-16,20-21,24-25H2,1-2H3,(H,35,38). The summed E-state index contributed by atoms with van der Waals surface area (Å²) < 4.78 is 26.6. The summed E-state index contributed by atoms with van der Waals surface area (Å²) in [6.07, 6.45) is 17.2. The summed E-state index contributed by atoms with van der Waals surface area (Å²) in [5, 5.41) is 25.6. The van der Waals surface area contributed by atoms with Crippen molar-refractivity contribution in [1.82, 2.24) is 5.32 Å². The number of carbonyl (C=O) groups is 1. The molecule has 0 aliphatic heterocycles. The molecule has 1 unspecified atom stereocenters. The summed E-state index contributed by atoms with van der Waals surface area (Å²) in [6.45, 7) is 4.71. The molecule has 11 nitrogen and oxygen atoms in total. The zero-order valence-electron chi connectivity index (χ0n) is 27.5. The Labute approximate surface area is 273 Å². The molecule has 12 heteroatoms. The minimum atomic E-state index is -4.03. The Balaban J connectivity index is 2.22. The van der Waals surface area contributed by atoms with Gasteiger partial charge < -0.3 is 14.4 Å². The lowest BCUT2D eigenvalue weighted by atomic mass is 10.1. The number of benzene rings is 2. The maximum atomic E-state index is 14.6. The Bertz CT molecular complexity index is 1190. The molecule has 0 aliphatic carbocycles. The Morgan fingerprint density at radius 3 is 1.52 bits per heavy atom. The monoisotopic (exact) mass is 661 g/mol. The van der Waals surface area contributed by atoms with Crippen molar-refractivity contribution in [3.05, 3.63) is 79.9 Å². The molecular formula is C34H52N3O8P. The first-order chi connectivity index (χ1) is 22.2. The van der Waals surface area contributed by atoms with Gasteiger partial charge >= 0.3 is 7.60 Å². The summed E-state index contributed by atoms with van der Waals surface area (Å²) in [6, 6.07) is 11.3. The summed E-state index contributed by atoms with van der Waals surface area (Å²) >= 11 is 0. The van der Waals surface area contributed by atoms with E-state index in [1.165, 1.54) is 51.4 Å². The Hall–Kier alpha value is -3.14. The fraction of sp³-hybridized carbons (Fsp3) is 0.618. The molecule has 0 heterocycles. The molecule has 2 aromatic rings. The number of unbranched alkanes of at least 4 members (excludes halogenated alkanes) is 14. The van der Waals surface area contributed by atoms with Gasteiger partial charge in [-0.3, -0.25) is 29.6 Å². The van der Waals surface area contributed by atoms with Crippen LogP contribution in [0.3, 0.4) is 0 Å². The highest BCUT2D eigenvalue weighted by Crippen LogP contribution is 2.60. The molecule has 0 saturated carbocycles. The van der Waals surface area contributed by atoms with E-state index in [1.54, 1.807) is 30.3 Å². The van der Waals surface area contributed by atoms with Crippen LogP contribution in [0.4, 0.5) is 11.4 Å². The molecule has 0 saturated heterocycles. The zero-order valence-corrected chi connectivity index (χ0v) is 28.4. The fourth-order valence-corrected chi connectivity index (χ4v) is 7.12. The van der Waals surface area contributed by atoms with Gasteiger partial charge in [0.2, 0.25) is 0 Å². The van der Waals surface area contributed by atoms with Gasteiger partial charge in [-0.15, -0.1) is 0 Å². The van der Waals surface area contributed by atoms with Crippen molar-refractivity contribution in [2.45, 2.75) is 122 Å².